The van der Waals surface area contributed by atoms with Gasteiger partial charge in [0.1, 0.15) is 4.88 Å². The summed E-state index contributed by atoms with van der Waals surface area (Å²) in [5, 5.41) is 4.94. The first-order valence-corrected chi connectivity index (χ1v) is 9.57. The second kappa shape index (κ2) is 7.35. The Morgan fingerprint density at radius 2 is 1.96 bits per heavy atom. The van der Waals surface area contributed by atoms with Crippen LogP contribution in [0.3, 0.4) is 0 Å². The van der Waals surface area contributed by atoms with Crippen LogP contribution in [-0.4, -0.2) is 36.3 Å². The van der Waals surface area contributed by atoms with Gasteiger partial charge in [-0.15, -0.1) is 11.3 Å². The normalized spacial score (nSPS) is 17.3. The number of ether oxygens (including phenoxy) is 1. The highest BCUT2D eigenvalue weighted by molar-refractivity contribution is 7.12. The summed E-state index contributed by atoms with van der Waals surface area (Å²) in [6.07, 6.45) is 3.88. The number of rotatable bonds is 4. The Balaban J connectivity index is 1.48. The fraction of sp³-hybridized carbons (Fsp3) is 0.250. The van der Waals surface area contributed by atoms with Crippen LogP contribution in [0.2, 0.25) is 0 Å². The van der Waals surface area contributed by atoms with E-state index in [0.29, 0.717) is 10.9 Å². The zero-order valence-corrected chi connectivity index (χ0v) is 15.4. The van der Waals surface area contributed by atoms with Gasteiger partial charge in [0.25, 0.3) is 5.91 Å². The molecule has 3 heterocycles. The van der Waals surface area contributed by atoms with E-state index in [1.165, 1.54) is 11.3 Å². The fourth-order valence-corrected chi connectivity index (χ4v) is 3.99. The van der Waals surface area contributed by atoms with E-state index in [-0.39, 0.29) is 5.91 Å². The van der Waals surface area contributed by atoms with Crippen molar-refractivity contribution in [2.24, 2.45) is 0 Å². The lowest BCUT2D eigenvalue weighted by molar-refractivity contribution is 0.0989. The molecular weight excluding hydrogens is 346 g/mol. The number of hydrogen-bond acceptors (Lipinski definition) is 4. The molecule has 6 heteroatoms. The fourth-order valence-electron chi connectivity index (χ4n) is 3.21. The first-order valence-electron chi connectivity index (χ1n) is 8.69. The quantitative estimate of drug-likeness (QED) is 0.758. The van der Waals surface area contributed by atoms with Crippen molar-refractivity contribution in [1.29, 1.82) is 0 Å². The van der Waals surface area contributed by atoms with Crippen molar-refractivity contribution in [2.45, 2.75) is 13.0 Å². The van der Waals surface area contributed by atoms with Crippen molar-refractivity contribution in [2.75, 3.05) is 30.0 Å². The summed E-state index contributed by atoms with van der Waals surface area (Å²) in [5.74, 6) is -0.0869. The minimum absolute atomic E-state index is 0.0869. The molecule has 1 fully saturated rings. The van der Waals surface area contributed by atoms with E-state index in [0.717, 1.165) is 36.8 Å². The molecule has 2 aromatic heterocycles. The molecule has 5 nitrogen and oxygen atoms in total. The van der Waals surface area contributed by atoms with Crippen molar-refractivity contribution >= 4 is 28.6 Å². The standard InChI is InChI=1S/C20H21N3O2S/c1-15-14-25-12-11-23(15)17-6-4-16(5-7-17)21-20(24)19-18(8-13-26-19)22-9-2-3-10-22/h2-10,13,15H,11-12,14H2,1H3,(H,21,24). The molecule has 0 bridgehead atoms. The molecule has 3 aromatic rings. The van der Waals surface area contributed by atoms with Crippen molar-refractivity contribution < 1.29 is 9.53 Å². The molecule has 1 aliphatic heterocycles. The Hall–Kier alpha value is -2.57. The zero-order chi connectivity index (χ0) is 17.9. The van der Waals surface area contributed by atoms with Crippen molar-refractivity contribution in [1.82, 2.24) is 4.57 Å². The maximum absolute atomic E-state index is 12.7. The molecule has 0 radical (unpaired) electrons. The number of nitrogens with zero attached hydrogens (tertiary/aromatic N) is 2. The summed E-state index contributed by atoms with van der Waals surface area (Å²) in [5.41, 5.74) is 2.85. The maximum atomic E-state index is 12.7. The SMILES string of the molecule is CC1COCCN1c1ccc(NC(=O)c2sccc2-n2cccc2)cc1. The van der Waals surface area contributed by atoms with Crippen LogP contribution >= 0.6 is 11.3 Å². The number of carbonyl (C=O) groups excluding carboxylic acids is 1. The third-order valence-corrected chi connectivity index (χ3v) is 5.46. The lowest BCUT2D eigenvalue weighted by atomic mass is 10.2. The second-order valence-electron chi connectivity index (χ2n) is 6.34. The van der Waals surface area contributed by atoms with E-state index in [9.17, 15) is 4.79 Å². The molecule has 1 aromatic carbocycles. The average Bonchev–Trinajstić information content (AvgIpc) is 3.34. The number of carbonyl (C=O) groups is 1. The third-order valence-electron chi connectivity index (χ3n) is 4.56. The van der Waals surface area contributed by atoms with E-state index in [2.05, 4.69) is 29.3 Å². The summed E-state index contributed by atoms with van der Waals surface area (Å²) in [7, 11) is 0. The van der Waals surface area contributed by atoms with Gasteiger partial charge in [0.15, 0.2) is 0 Å². The number of morpholine rings is 1. The first kappa shape index (κ1) is 16.9. The molecule has 1 aliphatic rings. The number of hydrogen-bond donors (Lipinski definition) is 1. The lowest BCUT2D eigenvalue weighted by Gasteiger charge is -2.35. The number of nitrogens with one attached hydrogen (secondary N) is 1. The number of thiophene rings is 1. The minimum atomic E-state index is -0.0869. The highest BCUT2D eigenvalue weighted by Gasteiger charge is 2.19. The summed E-state index contributed by atoms with van der Waals surface area (Å²) in [6, 6.07) is 14.2. The summed E-state index contributed by atoms with van der Waals surface area (Å²) in [4.78, 5) is 15.7. The predicted molar refractivity (Wildman–Crippen MR) is 106 cm³/mol. The van der Waals surface area contributed by atoms with Gasteiger partial charge in [-0.2, -0.15) is 0 Å². The molecule has 1 N–H and O–H groups in total. The average molecular weight is 367 g/mol. The molecule has 0 spiro atoms. The molecule has 4 rings (SSSR count). The van der Waals surface area contributed by atoms with Gasteiger partial charge >= 0.3 is 0 Å². The van der Waals surface area contributed by atoms with Crippen molar-refractivity contribution in [3.05, 3.63) is 65.1 Å². The smallest absolute Gasteiger partial charge is 0.267 e. The van der Waals surface area contributed by atoms with Gasteiger partial charge in [-0.3, -0.25) is 4.79 Å². The molecule has 26 heavy (non-hydrogen) atoms. The monoisotopic (exact) mass is 367 g/mol. The topological polar surface area (TPSA) is 46.5 Å². The molecule has 0 saturated carbocycles. The van der Waals surface area contributed by atoms with E-state index < -0.39 is 0 Å². The Morgan fingerprint density at radius 1 is 1.19 bits per heavy atom. The summed E-state index contributed by atoms with van der Waals surface area (Å²) < 4.78 is 7.45. The molecule has 1 unspecified atom stereocenters. The number of benzene rings is 1. The Morgan fingerprint density at radius 3 is 2.69 bits per heavy atom. The van der Waals surface area contributed by atoms with E-state index in [1.807, 2.05) is 52.7 Å². The van der Waals surface area contributed by atoms with Crippen LogP contribution in [0.4, 0.5) is 11.4 Å². The van der Waals surface area contributed by atoms with Gasteiger partial charge in [-0.25, -0.2) is 0 Å². The van der Waals surface area contributed by atoms with Crippen LogP contribution in [0.1, 0.15) is 16.6 Å². The highest BCUT2D eigenvalue weighted by atomic mass is 32.1. The van der Waals surface area contributed by atoms with Crippen LogP contribution in [-0.2, 0) is 4.74 Å². The van der Waals surface area contributed by atoms with Crippen LogP contribution in [0.25, 0.3) is 5.69 Å². The number of aromatic nitrogens is 1. The van der Waals surface area contributed by atoms with Gasteiger partial charge in [0.05, 0.1) is 18.9 Å². The Kier molecular flexibility index (Phi) is 4.77. The molecule has 134 valence electrons. The maximum Gasteiger partial charge on any atom is 0.267 e. The van der Waals surface area contributed by atoms with Crippen LogP contribution in [0.15, 0.2) is 60.2 Å². The molecule has 1 atom stereocenters. The predicted octanol–water partition coefficient (Wildman–Crippen LogP) is 4.02. The number of amides is 1. The Bertz CT molecular complexity index is 871. The van der Waals surface area contributed by atoms with Crippen LogP contribution in [0, 0.1) is 0 Å². The van der Waals surface area contributed by atoms with E-state index in [1.54, 1.807) is 0 Å². The van der Waals surface area contributed by atoms with E-state index >= 15 is 0 Å². The molecule has 1 amide bonds. The minimum Gasteiger partial charge on any atom is -0.377 e. The molecule has 0 aliphatic carbocycles. The summed E-state index contributed by atoms with van der Waals surface area (Å²) in [6.45, 7) is 4.55. The highest BCUT2D eigenvalue weighted by Crippen LogP contribution is 2.25. The van der Waals surface area contributed by atoms with Gasteiger partial charge < -0.3 is 19.5 Å². The molecule has 1 saturated heterocycles. The van der Waals surface area contributed by atoms with Gasteiger partial charge in [0, 0.05) is 36.4 Å². The van der Waals surface area contributed by atoms with Crippen molar-refractivity contribution in [3.63, 3.8) is 0 Å². The van der Waals surface area contributed by atoms with Crippen LogP contribution in [0.5, 0.6) is 0 Å². The number of anilines is 2. The van der Waals surface area contributed by atoms with Gasteiger partial charge in [0.2, 0.25) is 0 Å². The zero-order valence-electron chi connectivity index (χ0n) is 14.6. The largest absolute Gasteiger partial charge is 0.377 e. The third kappa shape index (κ3) is 3.38. The van der Waals surface area contributed by atoms with E-state index in [4.69, 9.17) is 4.74 Å². The first-order chi connectivity index (χ1) is 12.7. The van der Waals surface area contributed by atoms with Crippen LogP contribution < -0.4 is 10.2 Å². The second-order valence-corrected chi connectivity index (χ2v) is 7.26. The summed E-state index contributed by atoms with van der Waals surface area (Å²) >= 11 is 1.45. The lowest BCUT2D eigenvalue weighted by Crippen LogP contribution is -2.43. The van der Waals surface area contributed by atoms with Gasteiger partial charge in [-0.05, 0) is 54.8 Å². The van der Waals surface area contributed by atoms with Gasteiger partial charge in [-0.1, -0.05) is 0 Å². The Labute approximate surface area is 156 Å². The van der Waals surface area contributed by atoms with Crippen molar-refractivity contribution in [3.8, 4) is 5.69 Å². The molecular formula is C20H21N3O2S.